The number of likely N-dealkylation sites (N-methyl/N-ethyl adjacent to an activating group) is 1. The van der Waals surface area contributed by atoms with Crippen LogP contribution in [-0.4, -0.2) is 93.5 Å². The highest BCUT2D eigenvalue weighted by molar-refractivity contribution is 5.67. The number of ether oxygens (including phenoxy) is 4. The minimum Gasteiger partial charge on any atom is -0.497 e. The molecule has 0 spiro atoms. The van der Waals surface area contributed by atoms with E-state index in [1.54, 1.807) is 33.7 Å². The Bertz CT molecular complexity index is 1240. The zero-order chi connectivity index (χ0) is 28.6. The van der Waals surface area contributed by atoms with E-state index in [2.05, 4.69) is 49.2 Å². The maximum atomic E-state index is 5.88. The van der Waals surface area contributed by atoms with Crippen molar-refractivity contribution >= 4 is 17.3 Å². The van der Waals surface area contributed by atoms with Crippen LogP contribution in [0.2, 0.25) is 0 Å². The smallest absolute Gasteiger partial charge is 0.227 e. The van der Waals surface area contributed by atoms with Crippen LogP contribution in [0.15, 0.2) is 48.8 Å². The number of hydrogen-bond acceptors (Lipinski definition) is 10. The summed E-state index contributed by atoms with van der Waals surface area (Å²) in [7, 11) is 7.21. The third-order valence-corrected chi connectivity index (χ3v) is 7.96. The first-order valence-corrected chi connectivity index (χ1v) is 14.3. The van der Waals surface area contributed by atoms with Crippen LogP contribution >= 0.6 is 0 Å². The van der Waals surface area contributed by atoms with Gasteiger partial charge in [-0.15, -0.1) is 0 Å². The van der Waals surface area contributed by atoms with Crippen LogP contribution in [0.25, 0.3) is 0 Å². The number of nitrogens with one attached hydrogen (secondary N) is 1. The van der Waals surface area contributed by atoms with Gasteiger partial charge in [-0.25, -0.2) is 9.97 Å². The Labute approximate surface area is 243 Å². The molecule has 2 fully saturated rings. The highest BCUT2D eigenvalue weighted by Crippen LogP contribution is 2.34. The van der Waals surface area contributed by atoms with Gasteiger partial charge in [0, 0.05) is 50.0 Å². The second-order valence-corrected chi connectivity index (χ2v) is 10.7. The molecule has 10 nitrogen and oxygen atoms in total. The van der Waals surface area contributed by atoms with E-state index < -0.39 is 0 Å². The van der Waals surface area contributed by atoms with Gasteiger partial charge in [0.05, 0.1) is 39.4 Å². The largest absolute Gasteiger partial charge is 0.497 e. The highest BCUT2D eigenvalue weighted by Gasteiger charge is 2.27. The van der Waals surface area contributed by atoms with Crippen LogP contribution in [0.3, 0.4) is 0 Å². The molecular weight excluding hydrogens is 520 g/mol. The fourth-order valence-electron chi connectivity index (χ4n) is 5.62. The zero-order valence-corrected chi connectivity index (χ0v) is 24.6. The van der Waals surface area contributed by atoms with Crippen LogP contribution in [0.5, 0.6) is 23.0 Å². The fourth-order valence-corrected chi connectivity index (χ4v) is 5.62. The van der Waals surface area contributed by atoms with Gasteiger partial charge in [-0.3, -0.25) is 4.90 Å². The molecule has 3 aromatic rings. The Kier molecular flexibility index (Phi) is 9.63. The number of benzene rings is 2. The van der Waals surface area contributed by atoms with Gasteiger partial charge in [-0.05, 0) is 69.2 Å². The summed E-state index contributed by atoms with van der Waals surface area (Å²) < 4.78 is 22.3. The van der Waals surface area contributed by atoms with Gasteiger partial charge in [0.1, 0.15) is 23.9 Å². The molecule has 2 aliphatic rings. The molecule has 2 aliphatic heterocycles. The number of methoxy groups -OCH3 is 3. The van der Waals surface area contributed by atoms with E-state index in [9.17, 15) is 0 Å². The van der Waals surface area contributed by atoms with Crippen LogP contribution in [0, 0.1) is 0 Å². The standard InChI is InChI=1S/C31H42N6O4/c1-35-10-5-11-36(15-14-35)25-8-12-37(13-9-25)29-7-6-24(18-30(29)40-4)34-31-32-20-28(21-33-31)41-22-23-16-26(38-2)19-27(17-23)39-3/h6-7,16-21,25H,5,8-15,22H2,1-4H3,(H,32,33,34). The van der Waals surface area contributed by atoms with Crippen LogP contribution < -0.4 is 29.2 Å². The van der Waals surface area contributed by atoms with Crippen molar-refractivity contribution < 1.29 is 18.9 Å². The van der Waals surface area contributed by atoms with Gasteiger partial charge in [-0.2, -0.15) is 0 Å². The summed E-state index contributed by atoms with van der Waals surface area (Å²) in [5.74, 6) is 3.33. The number of hydrogen-bond donors (Lipinski definition) is 1. The summed E-state index contributed by atoms with van der Waals surface area (Å²) in [5.41, 5.74) is 2.92. The second-order valence-electron chi connectivity index (χ2n) is 10.7. The third-order valence-electron chi connectivity index (χ3n) is 7.96. The first-order chi connectivity index (χ1) is 20.0. The number of anilines is 3. The summed E-state index contributed by atoms with van der Waals surface area (Å²) in [6, 6.07) is 12.5. The molecule has 0 aliphatic carbocycles. The average molecular weight is 563 g/mol. The van der Waals surface area contributed by atoms with E-state index in [-0.39, 0.29) is 0 Å². The molecule has 2 saturated heterocycles. The van der Waals surface area contributed by atoms with E-state index >= 15 is 0 Å². The van der Waals surface area contributed by atoms with Crippen molar-refractivity contribution in [2.45, 2.75) is 31.9 Å². The van der Waals surface area contributed by atoms with Crippen molar-refractivity contribution in [1.82, 2.24) is 19.8 Å². The minimum absolute atomic E-state index is 0.342. The van der Waals surface area contributed by atoms with Crippen molar-refractivity contribution in [3.8, 4) is 23.0 Å². The summed E-state index contributed by atoms with van der Waals surface area (Å²) in [6.45, 7) is 7.18. The molecule has 0 unspecified atom stereocenters. The monoisotopic (exact) mass is 562 g/mol. The van der Waals surface area contributed by atoms with Gasteiger partial charge in [-0.1, -0.05) is 0 Å². The SMILES string of the molecule is COc1cc(COc2cnc(Nc3ccc(N4CCC(N5CCCN(C)CC5)CC4)c(OC)c3)nc2)cc(OC)c1. The maximum absolute atomic E-state index is 5.88. The summed E-state index contributed by atoms with van der Waals surface area (Å²) in [6.07, 6.45) is 6.94. The topological polar surface area (TPSA) is 84.5 Å². The van der Waals surface area contributed by atoms with Crippen LogP contribution in [0.4, 0.5) is 17.3 Å². The average Bonchev–Trinajstić information content (AvgIpc) is 3.24. The molecule has 0 radical (unpaired) electrons. The molecule has 3 heterocycles. The van der Waals surface area contributed by atoms with Gasteiger partial charge in [0.15, 0.2) is 5.75 Å². The van der Waals surface area contributed by atoms with E-state index in [4.69, 9.17) is 18.9 Å². The van der Waals surface area contributed by atoms with Crippen molar-refractivity contribution in [2.24, 2.45) is 0 Å². The first-order valence-electron chi connectivity index (χ1n) is 14.3. The lowest BCUT2D eigenvalue weighted by Crippen LogP contribution is -2.46. The molecule has 10 heteroatoms. The van der Waals surface area contributed by atoms with Gasteiger partial charge < -0.3 is 34.1 Å². The zero-order valence-electron chi connectivity index (χ0n) is 24.6. The lowest BCUT2D eigenvalue weighted by atomic mass is 10.0. The molecule has 0 bridgehead atoms. The third kappa shape index (κ3) is 7.51. The highest BCUT2D eigenvalue weighted by atomic mass is 16.5. The second kappa shape index (κ2) is 13.7. The number of aromatic nitrogens is 2. The van der Waals surface area contributed by atoms with E-state index in [1.807, 2.05) is 24.3 Å². The van der Waals surface area contributed by atoms with Gasteiger partial charge >= 0.3 is 0 Å². The fraction of sp³-hybridized carbons (Fsp3) is 0.484. The van der Waals surface area contributed by atoms with Crippen LogP contribution in [-0.2, 0) is 6.61 Å². The Hall–Kier alpha value is -3.76. The molecule has 41 heavy (non-hydrogen) atoms. The lowest BCUT2D eigenvalue weighted by Gasteiger charge is -2.39. The lowest BCUT2D eigenvalue weighted by molar-refractivity contribution is 0.174. The van der Waals surface area contributed by atoms with Crippen molar-refractivity contribution in [2.75, 3.05) is 77.9 Å². The molecular formula is C31H42N6O4. The van der Waals surface area contributed by atoms with Crippen LogP contribution in [0.1, 0.15) is 24.8 Å². The number of piperidine rings is 1. The Morgan fingerprint density at radius 2 is 1.54 bits per heavy atom. The van der Waals surface area contributed by atoms with E-state index in [0.717, 1.165) is 35.8 Å². The van der Waals surface area contributed by atoms with E-state index in [1.165, 1.54) is 45.4 Å². The van der Waals surface area contributed by atoms with Crippen molar-refractivity contribution in [3.05, 3.63) is 54.4 Å². The van der Waals surface area contributed by atoms with Gasteiger partial charge in [0.25, 0.3) is 0 Å². The van der Waals surface area contributed by atoms with Crippen molar-refractivity contribution in [3.63, 3.8) is 0 Å². The molecule has 1 aromatic heterocycles. The first kappa shape index (κ1) is 28.8. The minimum atomic E-state index is 0.342. The predicted molar refractivity (Wildman–Crippen MR) is 161 cm³/mol. The summed E-state index contributed by atoms with van der Waals surface area (Å²) in [4.78, 5) is 16.5. The Morgan fingerprint density at radius 1 is 0.805 bits per heavy atom. The Balaban J connectivity index is 1.15. The molecule has 2 aromatic carbocycles. The quantitative estimate of drug-likeness (QED) is 0.383. The predicted octanol–water partition coefficient (Wildman–Crippen LogP) is 4.43. The van der Waals surface area contributed by atoms with Gasteiger partial charge in [0.2, 0.25) is 5.95 Å². The molecule has 1 N–H and O–H groups in total. The summed E-state index contributed by atoms with van der Waals surface area (Å²) >= 11 is 0. The number of nitrogens with zero attached hydrogens (tertiary/aromatic N) is 5. The maximum Gasteiger partial charge on any atom is 0.227 e. The number of rotatable bonds is 10. The normalized spacial score (nSPS) is 17.1. The molecule has 5 rings (SSSR count). The molecule has 0 saturated carbocycles. The molecule has 0 amide bonds. The van der Waals surface area contributed by atoms with E-state index in [0.29, 0.717) is 35.8 Å². The Morgan fingerprint density at radius 3 is 2.22 bits per heavy atom. The van der Waals surface area contributed by atoms with Crippen molar-refractivity contribution in [1.29, 1.82) is 0 Å². The summed E-state index contributed by atoms with van der Waals surface area (Å²) in [5, 5.41) is 3.28. The molecule has 220 valence electrons. The molecule has 0 atom stereocenters.